The number of carbonyl (C=O) groups is 1. The fourth-order valence-electron chi connectivity index (χ4n) is 1.69. The molecule has 16 heavy (non-hydrogen) atoms. The number of hydrogen-bond acceptors (Lipinski definition) is 3. The lowest BCUT2D eigenvalue weighted by Gasteiger charge is -2.25. The fourth-order valence-corrected chi connectivity index (χ4v) is 1.86. The number of aldehydes is 1. The number of rotatable bonds is 3. The van der Waals surface area contributed by atoms with Gasteiger partial charge < -0.3 is 5.32 Å². The van der Waals surface area contributed by atoms with Gasteiger partial charge in [0.2, 0.25) is 0 Å². The summed E-state index contributed by atoms with van der Waals surface area (Å²) < 4.78 is 0. The Morgan fingerprint density at radius 1 is 1.62 bits per heavy atom. The van der Waals surface area contributed by atoms with E-state index in [2.05, 4.69) is 30.6 Å². The summed E-state index contributed by atoms with van der Waals surface area (Å²) in [4.78, 5) is 13.0. The van der Waals surface area contributed by atoms with Crippen molar-refractivity contribution in [2.24, 2.45) is 0 Å². The SMILES string of the molecule is C=C(C=O)/C(Cl)=C1/CN(C(C)C)CCCN1. The Balaban J connectivity index is 2.86. The van der Waals surface area contributed by atoms with Gasteiger partial charge in [-0.1, -0.05) is 18.2 Å². The number of halogens is 1. The second kappa shape index (κ2) is 6.06. The Bertz CT molecular complexity index is 310. The number of hydrogen-bond donors (Lipinski definition) is 1. The van der Waals surface area contributed by atoms with E-state index in [0.29, 0.717) is 22.9 Å². The molecule has 1 heterocycles. The first-order valence-electron chi connectivity index (χ1n) is 5.57. The average molecular weight is 243 g/mol. The van der Waals surface area contributed by atoms with E-state index < -0.39 is 0 Å². The van der Waals surface area contributed by atoms with Crippen molar-refractivity contribution in [1.82, 2.24) is 10.2 Å². The molecule has 1 rings (SSSR count). The molecule has 0 aliphatic carbocycles. The van der Waals surface area contributed by atoms with Crippen molar-refractivity contribution in [3.8, 4) is 0 Å². The van der Waals surface area contributed by atoms with Crippen molar-refractivity contribution in [2.75, 3.05) is 19.6 Å². The lowest BCUT2D eigenvalue weighted by molar-refractivity contribution is -0.104. The average Bonchev–Trinajstić information content (AvgIpc) is 2.52. The normalized spacial score (nSPS) is 21.2. The first kappa shape index (κ1) is 13.3. The fraction of sp³-hybridized carbons (Fsp3) is 0.583. The van der Waals surface area contributed by atoms with Gasteiger partial charge in [-0.05, 0) is 20.3 Å². The standard InChI is InChI=1S/C12H19ClN2O/c1-9(2)15-6-4-5-14-11(7-15)12(13)10(3)8-16/h8-9,14H,3-7H2,1-2H3/b12-11+. The van der Waals surface area contributed by atoms with E-state index in [1.54, 1.807) is 0 Å². The zero-order valence-corrected chi connectivity index (χ0v) is 10.7. The molecule has 0 aromatic carbocycles. The molecular formula is C12H19ClN2O. The molecular weight excluding hydrogens is 224 g/mol. The van der Waals surface area contributed by atoms with E-state index in [-0.39, 0.29) is 0 Å². The van der Waals surface area contributed by atoms with Gasteiger partial charge in [-0.3, -0.25) is 9.69 Å². The van der Waals surface area contributed by atoms with Gasteiger partial charge >= 0.3 is 0 Å². The van der Waals surface area contributed by atoms with Gasteiger partial charge in [0.15, 0.2) is 6.29 Å². The molecule has 0 unspecified atom stereocenters. The second-order valence-corrected chi connectivity index (χ2v) is 4.66. The molecule has 0 amide bonds. The molecule has 1 fully saturated rings. The van der Waals surface area contributed by atoms with Crippen molar-refractivity contribution in [3.63, 3.8) is 0 Å². The van der Waals surface area contributed by atoms with Gasteiger partial charge in [0.05, 0.1) is 5.03 Å². The van der Waals surface area contributed by atoms with Crippen LogP contribution in [0.3, 0.4) is 0 Å². The highest BCUT2D eigenvalue weighted by Gasteiger charge is 2.17. The minimum absolute atomic E-state index is 0.342. The molecule has 3 nitrogen and oxygen atoms in total. The third kappa shape index (κ3) is 3.35. The highest BCUT2D eigenvalue weighted by Crippen LogP contribution is 2.18. The van der Waals surface area contributed by atoms with Crippen molar-refractivity contribution < 1.29 is 4.79 Å². The summed E-state index contributed by atoms with van der Waals surface area (Å²) in [6.45, 7) is 10.6. The maximum absolute atomic E-state index is 10.6. The molecule has 0 saturated carbocycles. The summed E-state index contributed by atoms with van der Waals surface area (Å²) in [7, 11) is 0. The molecule has 0 aromatic heterocycles. The first-order chi connectivity index (χ1) is 7.56. The summed E-state index contributed by atoms with van der Waals surface area (Å²) in [5.41, 5.74) is 1.25. The molecule has 0 radical (unpaired) electrons. The molecule has 1 aliphatic rings. The van der Waals surface area contributed by atoms with E-state index in [4.69, 9.17) is 11.6 Å². The van der Waals surface area contributed by atoms with Gasteiger partial charge in [0, 0.05) is 36.9 Å². The van der Waals surface area contributed by atoms with Crippen LogP contribution in [0.25, 0.3) is 0 Å². The molecule has 0 bridgehead atoms. The van der Waals surface area contributed by atoms with Crippen molar-refractivity contribution in [3.05, 3.63) is 22.9 Å². The Morgan fingerprint density at radius 3 is 2.88 bits per heavy atom. The molecule has 90 valence electrons. The zero-order chi connectivity index (χ0) is 12.1. The molecule has 0 aromatic rings. The van der Waals surface area contributed by atoms with Crippen molar-refractivity contribution in [2.45, 2.75) is 26.3 Å². The highest BCUT2D eigenvalue weighted by molar-refractivity contribution is 6.34. The Kier molecular flexibility index (Phi) is 5.03. The predicted octanol–water partition coefficient (Wildman–Crippen LogP) is 1.90. The third-order valence-electron chi connectivity index (χ3n) is 2.74. The van der Waals surface area contributed by atoms with E-state index in [0.717, 1.165) is 31.8 Å². The summed E-state index contributed by atoms with van der Waals surface area (Å²) >= 11 is 6.11. The van der Waals surface area contributed by atoms with Crippen LogP contribution in [0.2, 0.25) is 0 Å². The predicted molar refractivity (Wildman–Crippen MR) is 67.4 cm³/mol. The van der Waals surface area contributed by atoms with Gasteiger partial charge in [0.1, 0.15) is 0 Å². The van der Waals surface area contributed by atoms with Crippen LogP contribution in [-0.4, -0.2) is 36.9 Å². The number of carbonyl (C=O) groups excluding carboxylic acids is 1. The maximum Gasteiger partial charge on any atom is 0.151 e. The van der Waals surface area contributed by atoms with Crippen LogP contribution in [0.4, 0.5) is 0 Å². The van der Waals surface area contributed by atoms with Crippen LogP contribution >= 0.6 is 11.6 Å². The molecule has 1 N–H and O–H groups in total. The number of allylic oxidation sites excluding steroid dienone is 2. The number of nitrogens with zero attached hydrogens (tertiary/aromatic N) is 1. The number of nitrogens with one attached hydrogen (secondary N) is 1. The smallest absolute Gasteiger partial charge is 0.151 e. The minimum atomic E-state index is 0.342. The minimum Gasteiger partial charge on any atom is -0.386 e. The third-order valence-corrected chi connectivity index (χ3v) is 3.21. The van der Waals surface area contributed by atoms with Crippen LogP contribution < -0.4 is 5.32 Å². The van der Waals surface area contributed by atoms with Gasteiger partial charge in [-0.25, -0.2) is 0 Å². The van der Waals surface area contributed by atoms with Gasteiger partial charge in [-0.2, -0.15) is 0 Å². The van der Waals surface area contributed by atoms with Crippen LogP contribution in [0.15, 0.2) is 22.9 Å². The molecule has 0 atom stereocenters. The topological polar surface area (TPSA) is 32.3 Å². The first-order valence-corrected chi connectivity index (χ1v) is 5.95. The maximum atomic E-state index is 10.6. The highest BCUT2D eigenvalue weighted by atomic mass is 35.5. The Morgan fingerprint density at radius 2 is 2.31 bits per heavy atom. The van der Waals surface area contributed by atoms with Gasteiger partial charge in [-0.15, -0.1) is 0 Å². The lowest BCUT2D eigenvalue weighted by Crippen LogP contribution is -2.33. The second-order valence-electron chi connectivity index (χ2n) is 4.28. The summed E-state index contributed by atoms with van der Waals surface area (Å²) in [6, 6.07) is 0.476. The lowest BCUT2D eigenvalue weighted by atomic mass is 10.2. The molecule has 0 spiro atoms. The van der Waals surface area contributed by atoms with Crippen LogP contribution in [-0.2, 0) is 4.79 Å². The van der Waals surface area contributed by atoms with Gasteiger partial charge in [0.25, 0.3) is 0 Å². The quantitative estimate of drug-likeness (QED) is 0.606. The molecule has 1 saturated heterocycles. The van der Waals surface area contributed by atoms with Crippen molar-refractivity contribution >= 4 is 17.9 Å². The summed E-state index contributed by atoms with van der Waals surface area (Å²) in [5, 5.41) is 3.73. The van der Waals surface area contributed by atoms with Crippen LogP contribution in [0.5, 0.6) is 0 Å². The van der Waals surface area contributed by atoms with Crippen molar-refractivity contribution in [1.29, 1.82) is 0 Å². The van der Waals surface area contributed by atoms with E-state index in [1.165, 1.54) is 0 Å². The summed E-state index contributed by atoms with van der Waals surface area (Å²) in [5.74, 6) is 0. The van der Waals surface area contributed by atoms with E-state index in [9.17, 15) is 4.79 Å². The van der Waals surface area contributed by atoms with E-state index in [1.807, 2.05) is 0 Å². The monoisotopic (exact) mass is 242 g/mol. The Hall–Kier alpha value is -0.800. The molecule has 4 heteroatoms. The van der Waals surface area contributed by atoms with E-state index >= 15 is 0 Å². The van der Waals surface area contributed by atoms with Crippen LogP contribution in [0.1, 0.15) is 20.3 Å². The molecule has 1 aliphatic heterocycles. The van der Waals surface area contributed by atoms with Crippen LogP contribution in [0, 0.1) is 0 Å². The zero-order valence-electron chi connectivity index (χ0n) is 9.92. The summed E-state index contributed by atoms with van der Waals surface area (Å²) in [6.07, 6.45) is 1.78. The largest absolute Gasteiger partial charge is 0.386 e. The Labute approximate surface area is 102 Å².